The highest BCUT2D eigenvalue weighted by atomic mass is 35.5. The molecule has 3 rings (SSSR count). The minimum absolute atomic E-state index is 0.167. The fourth-order valence-electron chi connectivity index (χ4n) is 2.37. The van der Waals surface area contributed by atoms with Crippen molar-refractivity contribution in [3.8, 4) is 0 Å². The molecule has 0 saturated heterocycles. The molecule has 5 heteroatoms. The summed E-state index contributed by atoms with van der Waals surface area (Å²) in [4.78, 5) is 12.1. The van der Waals surface area contributed by atoms with E-state index in [1.807, 2.05) is 60.2 Å². The van der Waals surface area contributed by atoms with Crippen molar-refractivity contribution in [1.82, 2.24) is 9.99 Å². The van der Waals surface area contributed by atoms with Crippen molar-refractivity contribution in [2.75, 3.05) is 0 Å². The largest absolute Gasteiger partial charge is 0.338 e. The summed E-state index contributed by atoms with van der Waals surface area (Å²) in [6, 6.07) is 17.3. The lowest BCUT2D eigenvalue weighted by atomic mass is 10.1. The molecule has 2 aromatic carbocycles. The summed E-state index contributed by atoms with van der Waals surface area (Å²) in [5.74, 6) is -0.167. The fraction of sp³-hybridized carbons (Fsp3) is 0.111. The smallest absolute Gasteiger partial charge is 0.259 e. The van der Waals surface area contributed by atoms with E-state index in [0.29, 0.717) is 5.02 Å². The summed E-state index contributed by atoms with van der Waals surface area (Å²) in [6.07, 6.45) is 1.90. The minimum atomic E-state index is -0.167. The number of halogens is 1. The van der Waals surface area contributed by atoms with Crippen molar-refractivity contribution in [2.45, 2.75) is 13.5 Å². The number of hydrazone groups is 1. The Morgan fingerprint density at radius 2 is 1.87 bits per heavy atom. The van der Waals surface area contributed by atoms with Gasteiger partial charge in [0.2, 0.25) is 0 Å². The topological polar surface area (TPSA) is 46.4 Å². The average molecular weight is 326 g/mol. The van der Waals surface area contributed by atoms with Crippen molar-refractivity contribution in [2.24, 2.45) is 5.10 Å². The molecule has 0 fully saturated rings. The predicted octanol–water partition coefficient (Wildman–Crippen LogP) is 3.84. The Morgan fingerprint density at radius 3 is 2.65 bits per heavy atom. The van der Waals surface area contributed by atoms with Gasteiger partial charge < -0.3 is 4.57 Å². The van der Waals surface area contributed by atoms with Crippen LogP contribution in [-0.4, -0.2) is 16.2 Å². The van der Waals surface area contributed by atoms with Crippen LogP contribution in [0.2, 0.25) is 5.02 Å². The highest BCUT2D eigenvalue weighted by molar-refractivity contribution is 6.30. The molecule has 116 valence electrons. The molecule has 1 heterocycles. The van der Waals surface area contributed by atoms with Crippen LogP contribution in [0.4, 0.5) is 0 Å². The van der Waals surface area contributed by atoms with Gasteiger partial charge in [-0.1, -0.05) is 41.9 Å². The second-order valence-corrected chi connectivity index (χ2v) is 5.68. The van der Waals surface area contributed by atoms with Gasteiger partial charge in [-0.2, -0.15) is 5.10 Å². The molecular weight excluding hydrogens is 310 g/mol. The third-order valence-electron chi connectivity index (χ3n) is 3.60. The number of fused-ring (bicyclic) bond motifs is 1. The number of para-hydroxylation sites is 1. The first-order valence-electron chi connectivity index (χ1n) is 7.26. The first-order valence-corrected chi connectivity index (χ1v) is 7.64. The van der Waals surface area contributed by atoms with Gasteiger partial charge in [-0.15, -0.1) is 0 Å². The van der Waals surface area contributed by atoms with Crippen molar-refractivity contribution in [1.29, 1.82) is 0 Å². The van der Waals surface area contributed by atoms with E-state index in [1.54, 1.807) is 12.1 Å². The molecule has 1 aromatic heterocycles. The molecule has 0 saturated carbocycles. The van der Waals surface area contributed by atoms with Crippen molar-refractivity contribution >= 4 is 34.1 Å². The van der Waals surface area contributed by atoms with Crippen LogP contribution in [0.3, 0.4) is 0 Å². The molecule has 3 aromatic rings. The fourth-order valence-corrected chi connectivity index (χ4v) is 2.50. The van der Waals surface area contributed by atoms with Gasteiger partial charge >= 0.3 is 0 Å². The van der Waals surface area contributed by atoms with E-state index in [4.69, 9.17) is 11.6 Å². The lowest BCUT2D eigenvalue weighted by Gasteiger charge is -2.05. The maximum atomic E-state index is 12.1. The number of nitrogens with zero attached hydrogens (tertiary/aromatic N) is 2. The number of rotatable bonds is 4. The van der Waals surface area contributed by atoms with Gasteiger partial charge in [0.1, 0.15) is 6.54 Å². The number of aromatic nitrogens is 1. The summed E-state index contributed by atoms with van der Waals surface area (Å²) >= 11 is 5.86. The molecule has 0 radical (unpaired) electrons. The number of carbonyl (C=O) groups excluding carboxylic acids is 1. The predicted molar refractivity (Wildman–Crippen MR) is 93.7 cm³/mol. The van der Waals surface area contributed by atoms with Crippen LogP contribution < -0.4 is 5.43 Å². The summed E-state index contributed by atoms with van der Waals surface area (Å²) < 4.78 is 1.90. The maximum absolute atomic E-state index is 12.1. The average Bonchev–Trinajstić information content (AvgIpc) is 2.96. The normalized spacial score (nSPS) is 11.7. The summed E-state index contributed by atoms with van der Waals surface area (Å²) in [5.41, 5.74) is 5.27. The first-order chi connectivity index (χ1) is 11.1. The number of hydrogen-bond acceptors (Lipinski definition) is 2. The molecule has 0 atom stereocenters. The van der Waals surface area contributed by atoms with E-state index in [9.17, 15) is 4.79 Å². The first kappa shape index (κ1) is 15.3. The van der Waals surface area contributed by atoms with Gasteiger partial charge in [-0.3, -0.25) is 4.79 Å². The number of hydrogen-bond donors (Lipinski definition) is 1. The van der Waals surface area contributed by atoms with E-state index >= 15 is 0 Å². The Kier molecular flexibility index (Phi) is 4.44. The Hall–Kier alpha value is -2.59. The molecule has 0 bridgehead atoms. The molecule has 1 N–H and O–H groups in total. The van der Waals surface area contributed by atoms with E-state index in [0.717, 1.165) is 22.2 Å². The number of amides is 1. The Labute approximate surface area is 139 Å². The zero-order chi connectivity index (χ0) is 16.2. The summed E-state index contributed by atoms with van der Waals surface area (Å²) in [6.45, 7) is 2.07. The SMILES string of the molecule is C/C(=N\NC(=O)Cn1ccc2ccccc21)c1ccc(Cl)cc1. The minimum Gasteiger partial charge on any atom is -0.338 e. The third kappa shape index (κ3) is 3.60. The van der Waals surface area contributed by atoms with E-state index < -0.39 is 0 Å². The van der Waals surface area contributed by atoms with E-state index in [2.05, 4.69) is 10.5 Å². The van der Waals surface area contributed by atoms with Crippen LogP contribution in [0.15, 0.2) is 65.9 Å². The van der Waals surface area contributed by atoms with Gasteiger partial charge in [0.25, 0.3) is 5.91 Å². The Balaban J connectivity index is 1.67. The number of nitrogens with one attached hydrogen (secondary N) is 1. The molecule has 23 heavy (non-hydrogen) atoms. The van der Waals surface area contributed by atoms with Gasteiger partial charge in [-0.05, 0) is 42.1 Å². The van der Waals surface area contributed by atoms with Crippen LogP contribution in [0.5, 0.6) is 0 Å². The molecule has 0 aliphatic carbocycles. The maximum Gasteiger partial charge on any atom is 0.259 e. The lowest BCUT2D eigenvalue weighted by molar-refractivity contribution is -0.121. The van der Waals surface area contributed by atoms with Crippen LogP contribution in [-0.2, 0) is 11.3 Å². The van der Waals surface area contributed by atoms with Crippen molar-refractivity contribution in [3.63, 3.8) is 0 Å². The van der Waals surface area contributed by atoms with E-state index in [-0.39, 0.29) is 12.5 Å². The quantitative estimate of drug-likeness (QED) is 0.575. The van der Waals surface area contributed by atoms with Gasteiger partial charge in [0.15, 0.2) is 0 Å². The van der Waals surface area contributed by atoms with Crippen molar-refractivity contribution in [3.05, 3.63) is 71.4 Å². The summed E-state index contributed by atoms with van der Waals surface area (Å²) in [7, 11) is 0. The Bertz CT molecular complexity index is 865. The molecule has 0 aliphatic rings. The lowest BCUT2D eigenvalue weighted by Crippen LogP contribution is -2.23. The zero-order valence-electron chi connectivity index (χ0n) is 12.7. The molecular formula is C18H16ClN3O. The molecule has 0 aliphatic heterocycles. The third-order valence-corrected chi connectivity index (χ3v) is 3.86. The molecule has 0 unspecified atom stereocenters. The second-order valence-electron chi connectivity index (χ2n) is 5.24. The molecule has 1 amide bonds. The highest BCUT2D eigenvalue weighted by Gasteiger charge is 2.05. The second kappa shape index (κ2) is 6.67. The van der Waals surface area contributed by atoms with Gasteiger partial charge in [0, 0.05) is 16.7 Å². The highest BCUT2D eigenvalue weighted by Crippen LogP contribution is 2.14. The summed E-state index contributed by atoms with van der Waals surface area (Å²) in [5, 5.41) is 5.93. The van der Waals surface area contributed by atoms with Crippen molar-refractivity contribution < 1.29 is 4.79 Å². The molecule has 4 nitrogen and oxygen atoms in total. The monoisotopic (exact) mass is 325 g/mol. The van der Waals surface area contributed by atoms with Gasteiger partial charge in [-0.25, -0.2) is 5.43 Å². The van der Waals surface area contributed by atoms with Crippen LogP contribution >= 0.6 is 11.6 Å². The zero-order valence-corrected chi connectivity index (χ0v) is 13.4. The van der Waals surface area contributed by atoms with Crippen LogP contribution in [0.1, 0.15) is 12.5 Å². The number of carbonyl (C=O) groups is 1. The van der Waals surface area contributed by atoms with E-state index in [1.165, 1.54) is 0 Å². The standard InChI is InChI=1S/C18H16ClN3O/c1-13(14-6-8-16(19)9-7-14)20-21-18(23)12-22-11-10-15-4-2-3-5-17(15)22/h2-11H,12H2,1H3,(H,21,23)/b20-13+. The van der Waals surface area contributed by atoms with Crippen LogP contribution in [0, 0.1) is 0 Å². The van der Waals surface area contributed by atoms with Gasteiger partial charge in [0.05, 0.1) is 5.71 Å². The number of benzene rings is 2. The van der Waals surface area contributed by atoms with Crippen LogP contribution in [0.25, 0.3) is 10.9 Å². The Morgan fingerprint density at radius 1 is 1.13 bits per heavy atom. The molecule has 0 spiro atoms.